The molecule has 100 valence electrons. The highest BCUT2D eigenvalue weighted by molar-refractivity contribution is 5.99. The summed E-state index contributed by atoms with van der Waals surface area (Å²) in [5.74, 6) is -0.0206. The van der Waals surface area contributed by atoms with Gasteiger partial charge in [-0.05, 0) is 25.0 Å². The van der Waals surface area contributed by atoms with Crippen molar-refractivity contribution in [1.29, 1.82) is 0 Å². The average molecular weight is 260 g/mol. The van der Waals surface area contributed by atoms with Gasteiger partial charge in [-0.1, -0.05) is 12.1 Å². The molecular formula is C14H16N2O3. The molecule has 1 aromatic carbocycles. The van der Waals surface area contributed by atoms with Gasteiger partial charge in [0.15, 0.2) is 0 Å². The van der Waals surface area contributed by atoms with Gasteiger partial charge in [0.1, 0.15) is 5.69 Å². The lowest BCUT2D eigenvalue weighted by Gasteiger charge is -2.19. The van der Waals surface area contributed by atoms with E-state index in [2.05, 4.69) is 6.58 Å². The molecule has 1 amide bonds. The number of aryl methyl sites for hydroxylation is 2. The summed E-state index contributed by atoms with van der Waals surface area (Å²) < 4.78 is 0. The van der Waals surface area contributed by atoms with Crippen LogP contribution in [0.1, 0.15) is 17.5 Å². The highest BCUT2D eigenvalue weighted by Crippen LogP contribution is 2.36. The number of rotatable bonds is 3. The summed E-state index contributed by atoms with van der Waals surface area (Å²) in [5, 5.41) is 11.2. The molecule has 1 fully saturated rings. The summed E-state index contributed by atoms with van der Waals surface area (Å²) in [7, 11) is 0. The van der Waals surface area contributed by atoms with Crippen molar-refractivity contribution in [2.24, 2.45) is 5.92 Å². The van der Waals surface area contributed by atoms with Crippen molar-refractivity contribution in [2.75, 3.05) is 11.4 Å². The van der Waals surface area contributed by atoms with Crippen molar-refractivity contribution in [3.05, 3.63) is 46.0 Å². The van der Waals surface area contributed by atoms with Gasteiger partial charge in [-0.3, -0.25) is 14.9 Å². The maximum atomic E-state index is 12.0. The molecule has 0 bridgehead atoms. The SMILES string of the molecule is C=CC1CC(=O)N(c2c(C)cc(C)cc2[N+](=O)[O-])C1. The van der Waals surface area contributed by atoms with Crippen LogP contribution >= 0.6 is 0 Å². The molecule has 1 saturated heterocycles. The summed E-state index contributed by atoms with van der Waals surface area (Å²) >= 11 is 0. The standard InChI is InChI=1S/C14H16N2O3/c1-4-11-7-13(17)15(8-11)14-10(3)5-9(2)6-12(14)16(18)19/h4-6,11H,1,7-8H2,2-3H3. The summed E-state index contributed by atoms with van der Waals surface area (Å²) in [5.41, 5.74) is 1.99. The van der Waals surface area contributed by atoms with E-state index in [-0.39, 0.29) is 17.5 Å². The fourth-order valence-corrected chi connectivity index (χ4v) is 2.54. The van der Waals surface area contributed by atoms with Gasteiger partial charge in [0.25, 0.3) is 5.69 Å². The zero-order valence-electron chi connectivity index (χ0n) is 11.0. The second-order valence-electron chi connectivity index (χ2n) is 4.91. The van der Waals surface area contributed by atoms with Crippen molar-refractivity contribution >= 4 is 17.3 Å². The maximum Gasteiger partial charge on any atom is 0.293 e. The van der Waals surface area contributed by atoms with Crippen LogP contribution in [0.4, 0.5) is 11.4 Å². The van der Waals surface area contributed by atoms with E-state index in [1.165, 1.54) is 11.0 Å². The number of nitro benzene ring substituents is 1. The van der Waals surface area contributed by atoms with E-state index in [1.54, 1.807) is 13.0 Å². The molecular weight excluding hydrogens is 244 g/mol. The minimum Gasteiger partial charge on any atom is -0.306 e. The Morgan fingerprint density at radius 2 is 2.16 bits per heavy atom. The van der Waals surface area contributed by atoms with E-state index >= 15 is 0 Å². The van der Waals surface area contributed by atoms with E-state index in [0.29, 0.717) is 18.7 Å². The first kappa shape index (κ1) is 13.3. The summed E-state index contributed by atoms with van der Waals surface area (Å²) in [6.07, 6.45) is 2.10. The number of carbonyl (C=O) groups excluding carboxylic acids is 1. The highest BCUT2D eigenvalue weighted by Gasteiger charge is 2.34. The molecule has 19 heavy (non-hydrogen) atoms. The number of nitrogens with zero attached hydrogens (tertiary/aromatic N) is 2. The predicted octanol–water partition coefficient (Wildman–Crippen LogP) is 2.75. The molecule has 0 aliphatic carbocycles. The van der Waals surface area contributed by atoms with Crippen molar-refractivity contribution in [3.63, 3.8) is 0 Å². The zero-order chi connectivity index (χ0) is 14.2. The highest BCUT2D eigenvalue weighted by atomic mass is 16.6. The minimum absolute atomic E-state index is 0.00411. The molecule has 0 spiro atoms. The third-order valence-electron chi connectivity index (χ3n) is 3.38. The van der Waals surface area contributed by atoms with Crippen LogP contribution < -0.4 is 4.90 Å². The largest absolute Gasteiger partial charge is 0.306 e. The molecule has 1 heterocycles. The molecule has 1 aliphatic rings. The van der Waals surface area contributed by atoms with Gasteiger partial charge in [0, 0.05) is 24.9 Å². The average Bonchev–Trinajstić information content (AvgIpc) is 2.69. The molecule has 1 unspecified atom stereocenters. The third kappa shape index (κ3) is 2.36. The zero-order valence-corrected chi connectivity index (χ0v) is 11.0. The molecule has 2 rings (SSSR count). The van der Waals surface area contributed by atoms with Gasteiger partial charge in [0.05, 0.1) is 4.92 Å². The predicted molar refractivity (Wildman–Crippen MR) is 73.2 cm³/mol. The lowest BCUT2D eigenvalue weighted by Crippen LogP contribution is -2.26. The fourth-order valence-electron chi connectivity index (χ4n) is 2.54. The number of benzene rings is 1. The van der Waals surface area contributed by atoms with Crippen LogP contribution in [-0.2, 0) is 4.79 Å². The monoisotopic (exact) mass is 260 g/mol. The van der Waals surface area contributed by atoms with Crippen LogP contribution in [-0.4, -0.2) is 17.4 Å². The van der Waals surface area contributed by atoms with E-state index in [0.717, 1.165) is 11.1 Å². The molecule has 1 aromatic rings. The van der Waals surface area contributed by atoms with Gasteiger partial charge < -0.3 is 4.90 Å². The Bertz CT molecular complexity index is 566. The van der Waals surface area contributed by atoms with Crippen LogP contribution in [0.3, 0.4) is 0 Å². The quantitative estimate of drug-likeness (QED) is 0.477. The molecule has 1 atom stereocenters. The van der Waals surface area contributed by atoms with Gasteiger partial charge in [0.2, 0.25) is 5.91 Å². The summed E-state index contributed by atoms with van der Waals surface area (Å²) in [6, 6.07) is 3.37. The fraction of sp³-hybridized carbons (Fsp3) is 0.357. The van der Waals surface area contributed by atoms with Gasteiger partial charge in [-0.25, -0.2) is 0 Å². The topological polar surface area (TPSA) is 63.5 Å². The second-order valence-corrected chi connectivity index (χ2v) is 4.91. The lowest BCUT2D eigenvalue weighted by atomic mass is 10.1. The second kappa shape index (κ2) is 4.84. The Kier molecular flexibility index (Phi) is 3.38. The molecule has 0 aromatic heterocycles. The number of anilines is 1. The third-order valence-corrected chi connectivity index (χ3v) is 3.38. The molecule has 5 nitrogen and oxygen atoms in total. The van der Waals surface area contributed by atoms with Crippen molar-refractivity contribution in [3.8, 4) is 0 Å². The number of hydrogen-bond donors (Lipinski definition) is 0. The Morgan fingerprint density at radius 3 is 2.68 bits per heavy atom. The number of amides is 1. The smallest absolute Gasteiger partial charge is 0.293 e. The Labute approximate surface area is 111 Å². The van der Waals surface area contributed by atoms with E-state index in [1.807, 2.05) is 13.0 Å². The Hall–Kier alpha value is -2.17. The first-order valence-electron chi connectivity index (χ1n) is 6.12. The Balaban J connectivity index is 2.53. The van der Waals surface area contributed by atoms with Gasteiger partial charge in [-0.2, -0.15) is 0 Å². The first-order valence-corrected chi connectivity index (χ1v) is 6.12. The normalized spacial score (nSPS) is 18.7. The molecule has 0 radical (unpaired) electrons. The van der Waals surface area contributed by atoms with Crippen molar-refractivity contribution in [2.45, 2.75) is 20.3 Å². The van der Waals surface area contributed by atoms with E-state index < -0.39 is 4.92 Å². The van der Waals surface area contributed by atoms with Crippen molar-refractivity contribution < 1.29 is 9.72 Å². The van der Waals surface area contributed by atoms with Crippen molar-refractivity contribution in [1.82, 2.24) is 0 Å². The van der Waals surface area contributed by atoms with Crippen LogP contribution in [0.2, 0.25) is 0 Å². The maximum absolute atomic E-state index is 12.0. The summed E-state index contributed by atoms with van der Waals surface area (Å²) in [4.78, 5) is 24.3. The lowest BCUT2D eigenvalue weighted by molar-refractivity contribution is -0.384. The number of nitro groups is 1. The Morgan fingerprint density at radius 1 is 1.47 bits per heavy atom. The minimum atomic E-state index is -0.427. The van der Waals surface area contributed by atoms with Crippen LogP contribution in [0.15, 0.2) is 24.8 Å². The van der Waals surface area contributed by atoms with Crippen LogP contribution in [0, 0.1) is 29.9 Å². The number of carbonyl (C=O) groups is 1. The molecule has 1 aliphatic heterocycles. The van der Waals surface area contributed by atoms with E-state index in [9.17, 15) is 14.9 Å². The molecule has 5 heteroatoms. The molecule has 0 N–H and O–H groups in total. The van der Waals surface area contributed by atoms with Gasteiger partial charge >= 0.3 is 0 Å². The first-order chi connectivity index (χ1) is 8.93. The van der Waals surface area contributed by atoms with Gasteiger partial charge in [-0.15, -0.1) is 6.58 Å². The number of hydrogen-bond acceptors (Lipinski definition) is 3. The summed E-state index contributed by atoms with van der Waals surface area (Å²) in [6.45, 7) is 7.76. The van der Waals surface area contributed by atoms with Crippen LogP contribution in [0.5, 0.6) is 0 Å². The van der Waals surface area contributed by atoms with Crippen LogP contribution in [0.25, 0.3) is 0 Å². The molecule has 0 saturated carbocycles. The van der Waals surface area contributed by atoms with E-state index in [4.69, 9.17) is 0 Å².